The lowest BCUT2D eigenvalue weighted by molar-refractivity contribution is -0.141. The second kappa shape index (κ2) is 10.1. The molecule has 0 spiro atoms. The van der Waals surface area contributed by atoms with Gasteiger partial charge in [0.15, 0.2) is 0 Å². The van der Waals surface area contributed by atoms with Crippen molar-refractivity contribution < 1.29 is 23.1 Å². The molecule has 1 heterocycles. The van der Waals surface area contributed by atoms with Gasteiger partial charge in [0.2, 0.25) is 0 Å². The van der Waals surface area contributed by atoms with Crippen molar-refractivity contribution in [1.82, 2.24) is 4.98 Å². The molecular weight excluding hydrogens is 451 g/mol. The zero-order valence-electron chi connectivity index (χ0n) is 19.1. The first-order valence-corrected chi connectivity index (χ1v) is 11.2. The predicted molar refractivity (Wildman–Crippen MR) is 129 cm³/mol. The van der Waals surface area contributed by atoms with Crippen LogP contribution in [0.3, 0.4) is 0 Å². The monoisotopic (exact) mass is 475 g/mol. The molecule has 0 amide bonds. The number of aryl methyl sites for hydroxylation is 2. The van der Waals surface area contributed by atoms with Crippen molar-refractivity contribution in [3.63, 3.8) is 0 Å². The van der Waals surface area contributed by atoms with E-state index in [1.54, 1.807) is 24.3 Å². The van der Waals surface area contributed by atoms with Gasteiger partial charge in [-0.25, -0.2) is 4.79 Å². The number of hydrogen-bond donors (Lipinski definition) is 1. The van der Waals surface area contributed by atoms with Gasteiger partial charge in [-0.2, -0.15) is 13.2 Å². The van der Waals surface area contributed by atoms with Crippen LogP contribution in [0.2, 0.25) is 0 Å². The topological polar surface area (TPSA) is 50.2 Å². The first-order valence-electron chi connectivity index (χ1n) is 11.2. The Bertz CT molecular complexity index is 1330. The number of aromatic nitrogens is 1. The third-order valence-electron chi connectivity index (χ3n) is 6.18. The molecule has 1 unspecified atom stereocenters. The summed E-state index contributed by atoms with van der Waals surface area (Å²) in [7, 11) is 0. The average molecular weight is 476 g/mol. The van der Waals surface area contributed by atoms with Crippen LogP contribution in [0.4, 0.5) is 13.2 Å². The summed E-state index contributed by atoms with van der Waals surface area (Å²) in [6.07, 6.45) is -2.37. The van der Waals surface area contributed by atoms with Gasteiger partial charge in [0.05, 0.1) is 5.56 Å². The molecule has 0 bridgehead atoms. The predicted octanol–water partition coefficient (Wildman–Crippen LogP) is 7.54. The van der Waals surface area contributed by atoms with Gasteiger partial charge in [-0.1, -0.05) is 60.7 Å². The summed E-state index contributed by atoms with van der Waals surface area (Å²) in [6, 6.07) is 25.1. The summed E-state index contributed by atoms with van der Waals surface area (Å²) in [6.45, 7) is 1.94. The maximum Gasteiger partial charge on any atom is 0.433 e. The van der Waals surface area contributed by atoms with Crippen molar-refractivity contribution in [3.05, 3.63) is 125 Å². The van der Waals surface area contributed by atoms with Crippen molar-refractivity contribution in [1.29, 1.82) is 0 Å². The van der Waals surface area contributed by atoms with Crippen molar-refractivity contribution in [3.8, 4) is 11.1 Å². The molecule has 0 saturated heterocycles. The third-order valence-corrected chi connectivity index (χ3v) is 6.18. The molecule has 178 valence electrons. The second-order valence-corrected chi connectivity index (χ2v) is 8.46. The lowest BCUT2D eigenvalue weighted by atomic mass is 9.83. The van der Waals surface area contributed by atoms with Gasteiger partial charge in [0.1, 0.15) is 5.69 Å². The molecule has 3 nitrogen and oxygen atoms in total. The number of benzene rings is 3. The first kappa shape index (κ1) is 24.2. The summed E-state index contributed by atoms with van der Waals surface area (Å²) in [5, 5.41) is 9.53. The highest BCUT2D eigenvalue weighted by Gasteiger charge is 2.33. The van der Waals surface area contributed by atoms with Gasteiger partial charge in [-0.05, 0) is 77.4 Å². The molecule has 4 rings (SSSR count). The van der Waals surface area contributed by atoms with E-state index in [2.05, 4.69) is 4.98 Å². The quantitative estimate of drug-likeness (QED) is 0.300. The molecule has 35 heavy (non-hydrogen) atoms. The minimum absolute atomic E-state index is 0.176. The fourth-order valence-corrected chi connectivity index (χ4v) is 4.43. The standard InChI is InChI=1S/C29H24F3NO2/c1-19-7-5-6-10-24(19)26(22-15-16-33-27(18-22)29(30,31)32)14-11-21-17-23(28(34)35)12-13-25(21)20-8-3-2-4-9-20/h2-10,12-13,15-18,26H,11,14H2,1H3,(H,34,35). The summed E-state index contributed by atoms with van der Waals surface area (Å²) in [5.41, 5.74) is 4.38. The fourth-order valence-electron chi connectivity index (χ4n) is 4.43. The van der Waals surface area contributed by atoms with Gasteiger partial charge in [0.25, 0.3) is 0 Å². The van der Waals surface area contributed by atoms with Crippen LogP contribution in [-0.4, -0.2) is 16.1 Å². The number of halogens is 3. The lowest BCUT2D eigenvalue weighted by Gasteiger charge is -2.22. The Morgan fingerprint density at radius 2 is 1.66 bits per heavy atom. The van der Waals surface area contributed by atoms with Crippen LogP contribution >= 0.6 is 0 Å². The van der Waals surface area contributed by atoms with E-state index in [0.29, 0.717) is 18.4 Å². The first-order chi connectivity index (χ1) is 16.7. The smallest absolute Gasteiger partial charge is 0.433 e. The Kier molecular flexibility index (Phi) is 7.01. The molecule has 3 aromatic carbocycles. The SMILES string of the molecule is Cc1ccccc1C(CCc1cc(C(=O)O)ccc1-c1ccccc1)c1ccnc(C(F)(F)F)c1. The van der Waals surface area contributed by atoms with Gasteiger partial charge < -0.3 is 5.11 Å². The fraction of sp³-hybridized carbons (Fsp3) is 0.172. The summed E-state index contributed by atoms with van der Waals surface area (Å²) in [5.74, 6) is -1.34. The number of carboxylic acid groups (broad SMARTS) is 1. The normalized spacial score (nSPS) is 12.3. The largest absolute Gasteiger partial charge is 0.478 e. The van der Waals surface area contributed by atoms with E-state index in [-0.39, 0.29) is 11.5 Å². The Hall–Kier alpha value is -3.93. The molecular formula is C29H24F3NO2. The number of pyridine rings is 1. The van der Waals surface area contributed by atoms with Crippen LogP contribution in [0.5, 0.6) is 0 Å². The molecule has 1 atom stereocenters. The third kappa shape index (κ3) is 5.60. The highest BCUT2D eigenvalue weighted by atomic mass is 19.4. The Morgan fingerprint density at radius 3 is 2.34 bits per heavy atom. The summed E-state index contributed by atoms with van der Waals surface area (Å²) in [4.78, 5) is 15.2. The van der Waals surface area contributed by atoms with E-state index >= 15 is 0 Å². The van der Waals surface area contributed by atoms with Crippen LogP contribution in [0.25, 0.3) is 11.1 Å². The lowest BCUT2D eigenvalue weighted by Crippen LogP contribution is -2.11. The van der Waals surface area contributed by atoms with Crippen LogP contribution in [0.1, 0.15) is 50.6 Å². The minimum atomic E-state index is -4.54. The Morgan fingerprint density at radius 1 is 0.943 bits per heavy atom. The van der Waals surface area contributed by atoms with Gasteiger partial charge in [0, 0.05) is 12.1 Å². The average Bonchev–Trinajstić information content (AvgIpc) is 2.85. The van der Waals surface area contributed by atoms with E-state index < -0.39 is 17.8 Å². The number of carbonyl (C=O) groups is 1. The zero-order valence-corrected chi connectivity index (χ0v) is 19.1. The molecule has 0 aliphatic rings. The highest BCUT2D eigenvalue weighted by Crippen LogP contribution is 2.36. The number of aromatic carboxylic acids is 1. The Balaban J connectivity index is 1.76. The van der Waals surface area contributed by atoms with Gasteiger partial charge >= 0.3 is 12.1 Å². The molecule has 0 aliphatic carbocycles. The van der Waals surface area contributed by atoms with E-state index in [9.17, 15) is 23.1 Å². The van der Waals surface area contributed by atoms with E-state index in [0.717, 1.165) is 33.9 Å². The second-order valence-electron chi connectivity index (χ2n) is 8.46. The number of rotatable bonds is 7. The molecule has 6 heteroatoms. The molecule has 1 aromatic heterocycles. The molecule has 0 radical (unpaired) electrons. The highest BCUT2D eigenvalue weighted by molar-refractivity contribution is 5.89. The number of hydrogen-bond acceptors (Lipinski definition) is 2. The van der Waals surface area contributed by atoms with E-state index in [1.165, 1.54) is 6.20 Å². The summed E-state index contributed by atoms with van der Waals surface area (Å²) < 4.78 is 40.2. The van der Waals surface area contributed by atoms with E-state index in [1.807, 2.05) is 61.5 Å². The van der Waals surface area contributed by atoms with Crippen molar-refractivity contribution >= 4 is 5.97 Å². The van der Waals surface area contributed by atoms with Crippen LogP contribution in [0, 0.1) is 6.92 Å². The number of carboxylic acids is 1. The minimum Gasteiger partial charge on any atom is -0.478 e. The van der Waals surface area contributed by atoms with Crippen molar-refractivity contribution in [2.45, 2.75) is 31.9 Å². The van der Waals surface area contributed by atoms with Gasteiger partial charge in [-0.15, -0.1) is 0 Å². The Labute approximate surface area is 201 Å². The number of alkyl halides is 3. The number of nitrogens with zero attached hydrogens (tertiary/aromatic N) is 1. The van der Waals surface area contributed by atoms with Gasteiger partial charge in [-0.3, -0.25) is 4.98 Å². The van der Waals surface area contributed by atoms with E-state index in [4.69, 9.17) is 0 Å². The molecule has 1 N–H and O–H groups in total. The summed E-state index contributed by atoms with van der Waals surface area (Å²) >= 11 is 0. The van der Waals surface area contributed by atoms with Crippen molar-refractivity contribution in [2.75, 3.05) is 0 Å². The molecule has 0 aliphatic heterocycles. The molecule has 0 saturated carbocycles. The molecule has 4 aromatic rings. The van der Waals surface area contributed by atoms with Crippen LogP contribution < -0.4 is 0 Å². The molecule has 0 fully saturated rings. The van der Waals surface area contributed by atoms with Crippen LogP contribution in [0.15, 0.2) is 91.1 Å². The maximum absolute atomic E-state index is 13.4. The maximum atomic E-state index is 13.4. The van der Waals surface area contributed by atoms with Crippen molar-refractivity contribution in [2.24, 2.45) is 0 Å². The van der Waals surface area contributed by atoms with Crippen LogP contribution in [-0.2, 0) is 12.6 Å². The zero-order chi connectivity index (χ0) is 25.0.